The molecule has 1 aliphatic carbocycles. The third-order valence-corrected chi connectivity index (χ3v) is 5.54. The van der Waals surface area contributed by atoms with Crippen molar-refractivity contribution in [3.05, 3.63) is 51.0 Å². The molecule has 0 saturated carbocycles. The number of amides is 1. The highest BCUT2D eigenvalue weighted by Crippen LogP contribution is 2.54. The second kappa shape index (κ2) is 8.61. The number of esters is 1. The normalized spacial score (nSPS) is 22.0. The van der Waals surface area contributed by atoms with Crippen molar-refractivity contribution in [2.75, 3.05) is 18.5 Å². The molecule has 0 radical (unpaired) electrons. The second-order valence-electron chi connectivity index (χ2n) is 6.85. The molecule has 0 bridgehead atoms. The van der Waals surface area contributed by atoms with Crippen molar-refractivity contribution in [2.45, 2.75) is 38.5 Å². The van der Waals surface area contributed by atoms with E-state index in [1.54, 1.807) is 32.0 Å². The van der Waals surface area contributed by atoms with Crippen LogP contribution in [0.1, 0.15) is 38.7 Å². The Morgan fingerprint density at radius 2 is 2.03 bits per heavy atom. The van der Waals surface area contributed by atoms with E-state index in [-0.39, 0.29) is 42.4 Å². The molecule has 0 saturated heterocycles. The lowest BCUT2D eigenvalue weighted by atomic mass is 9.65. The van der Waals surface area contributed by atoms with E-state index in [1.807, 2.05) is 0 Å². The molecule has 0 fully saturated rings. The van der Waals surface area contributed by atoms with Crippen LogP contribution in [0.3, 0.4) is 0 Å². The number of rotatable bonds is 2. The van der Waals surface area contributed by atoms with Gasteiger partial charge in [-0.25, -0.2) is 4.79 Å². The number of allylic oxidation sites excluding steroid dienone is 1. The topological polar surface area (TPSA) is 128 Å². The molecule has 8 nitrogen and oxygen atoms in total. The van der Waals surface area contributed by atoms with Gasteiger partial charge in [0.15, 0.2) is 5.78 Å². The first kappa shape index (κ1) is 22.0. The fourth-order valence-corrected chi connectivity index (χ4v) is 4.42. The molecule has 3 aliphatic rings. The number of carbonyl (C=O) groups is 3. The number of anilines is 1. The van der Waals surface area contributed by atoms with E-state index < -0.39 is 17.3 Å². The number of ketones is 1. The highest BCUT2D eigenvalue weighted by molar-refractivity contribution is 9.10. The summed E-state index contributed by atoms with van der Waals surface area (Å²) >= 11 is 3.41. The van der Waals surface area contributed by atoms with E-state index >= 15 is 0 Å². The Hall–Kier alpha value is -2.65. The van der Waals surface area contributed by atoms with Gasteiger partial charge in [0.2, 0.25) is 11.8 Å². The molecule has 2 heterocycles. The maximum atomic E-state index is 13.3. The molecule has 1 atom stereocenters. The van der Waals surface area contributed by atoms with Crippen LogP contribution in [-0.2, 0) is 29.3 Å². The lowest BCUT2D eigenvalue weighted by molar-refractivity contribution is -0.141. The zero-order valence-corrected chi connectivity index (χ0v) is 18.3. The number of Topliss-reactive ketones (excluding diaryl/α,β-unsaturated/α-hetero) is 1. The summed E-state index contributed by atoms with van der Waals surface area (Å²) in [7, 11) is 0. The molecule has 0 aromatic heterocycles. The van der Waals surface area contributed by atoms with E-state index in [2.05, 4.69) is 21.2 Å². The summed E-state index contributed by atoms with van der Waals surface area (Å²) in [4.78, 5) is 39.1. The molecular weight excluding hydrogens is 456 g/mol. The number of fused-ring (bicyclic) bond motifs is 3. The smallest absolute Gasteiger partial charge is 0.341 e. The van der Waals surface area contributed by atoms with Gasteiger partial charge in [-0.15, -0.1) is 0 Å². The van der Waals surface area contributed by atoms with Crippen LogP contribution in [0.2, 0.25) is 0 Å². The van der Waals surface area contributed by atoms with Crippen molar-refractivity contribution < 1.29 is 29.0 Å². The standard InChI is InChI=1S/C19H17BrN2O5.C2H6O/c1-2-26-17(24)15-16(21)27-13-5-3-4-12(23)14(13)19(15)10-8-9(20)6-7-11(10)22-18(19)25;1-2-3/h6-8H,2-5,21H2,1H3,(H,22,25);3H,2H2,1H3. The molecule has 1 aromatic carbocycles. The van der Waals surface area contributed by atoms with E-state index in [0.717, 1.165) is 0 Å². The minimum atomic E-state index is -1.67. The number of nitrogens with one attached hydrogen (secondary N) is 1. The van der Waals surface area contributed by atoms with Crippen LogP contribution in [-0.4, -0.2) is 36.0 Å². The monoisotopic (exact) mass is 478 g/mol. The third-order valence-electron chi connectivity index (χ3n) is 5.05. The van der Waals surface area contributed by atoms with Crippen molar-refractivity contribution in [3.63, 3.8) is 0 Å². The predicted octanol–water partition coefficient (Wildman–Crippen LogP) is 2.41. The van der Waals surface area contributed by atoms with Crippen LogP contribution in [0.25, 0.3) is 0 Å². The first-order chi connectivity index (χ1) is 14.3. The van der Waals surface area contributed by atoms with E-state index in [1.165, 1.54) is 0 Å². The highest BCUT2D eigenvalue weighted by atomic mass is 79.9. The summed E-state index contributed by atoms with van der Waals surface area (Å²) in [6.45, 7) is 3.68. The number of aliphatic hydroxyl groups is 1. The Balaban J connectivity index is 0.000000806. The molecule has 4 rings (SSSR count). The molecule has 4 N–H and O–H groups in total. The zero-order valence-electron chi connectivity index (χ0n) is 16.7. The number of halogens is 1. The van der Waals surface area contributed by atoms with Crippen molar-refractivity contribution in [2.24, 2.45) is 5.73 Å². The van der Waals surface area contributed by atoms with Crippen LogP contribution < -0.4 is 11.1 Å². The molecule has 1 spiro atoms. The number of ether oxygens (including phenoxy) is 2. The fraction of sp³-hybridized carbons (Fsp3) is 0.381. The Morgan fingerprint density at radius 3 is 2.70 bits per heavy atom. The summed E-state index contributed by atoms with van der Waals surface area (Å²) in [5.74, 6) is -1.37. The number of benzene rings is 1. The molecule has 1 unspecified atom stereocenters. The molecule has 30 heavy (non-hydrogen) atoms. The molecule has 1 aromatic rings. The maximum absolute atomic E-state index is 13.3. The Kier molecular flexibility index (Phi) is 6.33. The van der Waals surface area contributed by atoms with Crippen molar-refractivity contribution in [1.29, 1.82) is 0 Å². The fourth-order valence-electron chi connectivity index (χ4n) is 4.06. The van der Waals surface area contributed by atoms with Gasteiger partial charge >= 0.3 is 5.97 Å². The Labute approximate surface area is 182 Å². The lowest BCUT2D eigenvalue weighted by Gasteiger charge is -2.38. The van der Waals surface area contributed by atoms with Gasteiger partial charge in [-0.05, 0) is 38.5 Å². The molecule has 1 amide bonds. The highest BCUT2D eigenvalue weighted by Gasteiger charge is 2.61. The SMILES string of the molecule is CCO.CCOC(=O)C1=C(N)OC2=C(C(=O)CCC2)C12C(=O)Nc1ccc(Br)cc12. The minimum absolute atomic E-state index is 0.0957. The first-order valence-corrected chi connectivity index (χ1v) is 10.5. The summed E-state index contributed by atoms with van der Waals surface area (Å²) in [5, 5.41) is 10.4. The second-order valence-corrected chi connectivity index (χ2v) is 7.76. The van der Waals surface area contributed by atoms with Crippen molar-refractivity contribution in [1.82, 2.24) is 0 Å². The first-order valence-electron chi connectivity index (χ1n) is 9.67. The summed E-state index contributed by atoms with van der Waals surface area (Å²) in [5.41, 5.74) is 5.47. The lowest BCUT2D eigenvalue weighted by Crippen LogP contribution is -2.49. The number of aliphatic hydroxyl groups excluding tert-OH is 1. The van der Waals surface area contributed by atoms with Crippen LogP contribution >= 0.6 is 15.9 Å². The predicted molar refractivity (Wildman–Crippen MR) is 112 cm³/mol. The van der Waals surface area contributed by atoms with Gasteiger partial charge in [-0.3, -0.25) is 9.59 Å². The Morgan fingerprint density at radius 1 is 1.33 bits per heavy atom. The largest absolute Gasteiger partial charge is 0.462 e. The van der Waals surface area contributed by atoms with Crippen molar-refractivity contribution >= 4 is 39.3 Å². The van der Waals surface area contributed by atoms with Gasteiger partial charge in [0.05, 0.1) is 12.2 Å². The molecular formula is C21H23BrN2O6. The van der Waals surface area contributed by atoms with Crippen LogP contribution in [0.15, 0.2) is 45.5 Å². The molecule has 9 heteroatoms. The van der Waals surface area contributed by atoms with Crippen LogP contribution in [0, 0.1) is 0 Å². The van der Waals surface area contributed by atoms with Crippen LogP contribution in [0.4, 0.5) is 5.69 Å². The van der Waals surface area contributed by atoms with E-state index in [4.69, 9.17) is 20.3 Å². The maximum Gasteiger partial charge on any atom is 0.341 e. The van der Waals surface area contributed by atoms with Gasteiger partial charge < -0.3 is 25.6 Å². The van der Waals surface area contributed by atoms with Crippen molar-refractivity contribution in [3.8, 4) is 0 Å². The number of hydrogen-bond acceptors (Lipinski definition) is 7. The van der Waals surface area contributed by atoms with Gasteiger partial charge in [0.1, 0.15) is 16.7 Å². The number of nitrogens with two attached hydrogens (primary N) is 1. The van der Waals surface area contributed by atoms with Gasteiger partial charge in [-0.1, -0.05) is 15.9 Å². The molecule has 160 valence electrons. The van der Waals surface area contributed by atoms with Gasteiger partial charge in [0, 0.05) is 35.2 Å². The van der Waals surface area contributed by atoms with Gasteiger partial charge in [0.25, 0.3) is 0 Å². The Bertz CT molecular complexity index is 984. The average Bonchev–Trinajstić information content (AvgIpc) is 2.94. The zero-order chi connectivity index (χ0) is 22.1. The quantitative estimate of drug-likeness (QED) is 0.556. The minimum Gasteiger partial charge on any atom is -0.462 e. The van der Waals surface area contributed by atoms with E-state index in [9.17, 15) is 14.4 Å². The van der Waals surface area contributed by atoms with E-state index in [0.29, 0.717) is 34.3 Å². The van der Waals surface area contributed by atoms with Crippen LogP contribution in [0.5, 0.6) is 0 Å². The van der Waals surface area contributed by atoms with Gasteiger partial charge in [-0.2, -0.15) is 0 Å². The summed E-state index contributed by atoms with van der Waals surface area (Å²) < 4.78 is 11.5. The summed E-state index contributed by atoms with van der Waals surface area (Å²) in [6, 6.07) is 5.21. The summed E-state index contributed by atoms with van der Waals surface area (Å²) in [6.07, 6.45) is 1.34. The third kappa shape index (κ3) is 3.31. The number of carbonyl (C=O) groups excluding carboxylic acids is 3. The molecule has 2 aliphatic heterocycles. The number of hydrogen-bond donors (Lipinski definition) is 3. The average molecular weight is 479 g/mol.